The molecule has 0 bridgehead atoms. The van der Waals surface area contributed by atoms with E-state index in [2.05, 4.69) is 10.9 Å². The summed E-state index contributed by atoms with van der Waals surface area (Å²) in [6.45, 7) is 5.81. The lowest BCUT2D eigenvalue weighted by atomic mass is 9.99. The molecule has 19 heavy (non-hydrogen) atoms. The Morgan fingerprint density at radius 1 is 1.26 bits per heavy atom. The fourth-order valence-corrected chi connectivity index (χ4v) is 1.86. The Balaban J connectivity index is 0.000000861. The number of fused-ring (bicyclic) bond motifs is 1. The molecule has 0 unspecified atom stereocenters. The van der Waals surface area contributed by atoms with Crippen LogP contribution in [-0.4, -0.2) is 10.1 Å². The van der Waals surface area contributed by atoms with Crippen LogP contribution in [0.15, 0.2) is 12.1 Å². The van der Waals surface area contributed by atoms with Gasteiger partial charge in [0.2, 0.25) is 11.9 Å². The number of phenols is 1. The van der Waals surface area contributed by atoms with Crippen molar-refractivity contribution < 1.29 is 13.9 Å². The van der Waals surface area contributed by atoms with Gasteiger partial charge in [-0.2, -0.15) is 13.8 Å². The minimum absolute atomic E-state index is 0.0381. The summed E-state index contributed by atoms with van der Waals surface area (Å²) in [5.74, 6) is 0.109. The molecule has 1 aromatic heterocycles. The summed E-state index contributed by atoms with van der Waals surface area (Å²) in [6.07, 6.45) is 5.72. The number of benzene rings is 1. The number of nitrogens with zero attached hydrogens (tertiary/aromatic N) is 1. The molecule has 0 aliphatic rings. The highest BCUT2D eigenvalue weighted by atomic mass is 19.1. The molecule has 0 fully saturated rings. The van der Waals surface area contributed by atoms with Gasteiger partial charge in [0, 0.05) is 10.8 Å². The van der Waals surface area contributed by atoms with E-state index in [1.807, 2.05) is 20.8 Å². The van der Waals surface area contributed by atoms with E-state index in [1.165, 1.54) is 12.1 Å². The Morgan fingerprint density at radius 3 is 2.42 bits per heavy atom. The predicted octanol–water partition coefficient (Wildman–Crippen LogP) is 3.79. The third kappa shape index (κ3) is 2.65. The van der Waals surface area contributed by atoms with Crippen molar-refractivity contribution in [1.29, 1.82) is 0 Å². The number of aromatic nitrogens is 1. The monoisotopic (exact) mass is 263 g/mol. The van der Waals surface area contributed by atoms with E-state index in [-0.39, 0.29) is 16.7 Å². The van der Waals surface area contributed by atoms with Gasteiger partial charge in [-0.1, -0.05) is 26.7 Å². The molecule has 2 aromatic rings. The molecule has 0 radical (unpaired) electrons. The van der Waals surface area contributed by atoms with Crippen molar-refractivity contribution in [3.05, 3.63) is 35.2 Å². The zero-order valence-electron chi connectivity index (χ0n) is 11.1. The van der Waals surface area contributed by atoms with E-state index >= 15 is 0 Å². The number of phenolic OH excluding ortho intramolecular Hbond substituents is 1. The van der Waals surface area contributed by atoms with Gasteiger partial charge in [0.1, 0.15) is 5.75 Å². The SMILES string of the molecule is C#Cc1c(F)nc(F)c2cc(O)cc(CC)c12.CC. The topological polar surface area (TPSA) is 33.1 Å². The summed E-state index contributed by atoms with van der Waals surface area (Å²) in [5, 5.41) is 9.80. The van der Waals surface area contributed by atoms with Crippen molar-refractivity contribution >= 4 is 10.8 Å². The molecule has 0 saturated carbocycles. The van der Waals surface area contributed by atoms with Gasteiger partial charge in [-0.15, -0.1) is 6.42 Å². The van der Waals surface area contributed by atoms with Crippen molar-refractivity contribution in [3.63, 3.8) is 0 Å². The minimum Gasteiger partial charge on any atom is -0.508 e. The third-order valence-corrected chi connectivity index (χ3v) is 2.60. The highest BCUT2D eigenvalue weighted by Crippen LogP contribution is 2.30. The summed E-state index contributed by atoms with van der Waals surface area (Å²) in [4.78, 5) is 3.10. The second-order valence-electron chi connectivity index (χ2n) is 3.59. The van der Waals surface area contributed by atoms with E-state index in [0.717, 1.165) is 0 Å². The quantitative estimate of drug-likeness (QED) is 0.627. The van der Waals surface area contributed by atoms with Crippen molar-refractivity contribution in [2.75, 3.05) is 0 Å². The van der Waals surface area contributed by atoms with Crippen molar-refractivity contribution in [2.24, 2.45) is 0 Å². The molecule has 2 nitrogen and oxygen atoms in total. The Kier molecular flexibility index (Phi) is 4.82. The first-order chi connectivity index (χ1) is 9.08. The van der Waals surface area contributed by atoms with Crippen LogP contribution in [-0.2, 0) is 6.42 Å². The number of pyridine rings is 1. The Labute approximate surface area is 111 Å². The molecule has 1 heterocycles. The molecule has 4 heteroatoms. The van der Waals surface area contributed by atoms with Crippen LogP contribution in [0.1, 0.15) is 31.9 Å². The standard InChI is InChI=1S/C13H9F2NO.C2H6/c1-3-7-5-8(17)6-10-11(7)9(4-2)12(14)16-13(10)15;1-2/h2,5-6,17H,3H2,1H3;1-2H3. The van der Waals surface area contributed by atoms with E-state index in [9.17, 15) is 13.9 Å². The van der Waals surface area contributed by atoms with Gasteiger partial charge in [0.05, 0.1) is 5.56 Å². The zero-order chi connectivity index (χ0) is 14.6. The number of halogens is 2. The van der Waals surface area contributed by atoms with Crippen LogP contribution >= 0.6 is 0 Å². The molecule has 0 aliphatic carbocycles. The average Bonchev–Trinajstić information content (AvgIpc) is 2.41. The van der Waals surface area contributed by atoms with Crippen LogP contribution in [0.3, 0.4) is 0 Å². The average molecular weight is 263 g/mol. The second-order valence-corrected chi connectivity index (χ2v) is 3.59. The van der Waals surface area contributed by atoms with E-state index in [4.69, 9.17) is 6.42 Å². The molecule has 100 valence electrons. The maximum Gasteiger partial charge on any atom is 0.231 e. The highest BCUT2D eigenvalue weighted by molar-refractivity contribution is 5.92. The zero-order valence-corrected chi connectivity index (χ0v) is 11.1. The molecular formula is C15H15F2NO. The molecule has 1 aromatic carbocycles. The van der Waals surface area contributed by atoms with Gasteiger partial charge in [-0.05, 0) is 24.1 Å². The van der Waals surface area contributed by atoms with E-state index in [0.29, 0.717) is 17.4 Å². The molecule has 0 aliphatic heterocycles. The first-order valence-electron chi connectivity index (χ1n) is 6.05. The van der Waals surface area contributed by atoms with Crippen molar-refractivity contribution in [3.8, 4) is 18.1 Å². The lowest BCUT2D eigenvalue weighted by molar-refractivity contribution is 0.474. The fraction of sp³-hybridized carbons (Fsp3) is 0.267. The number of aromatic hydroxyl groups is 1. The summed E-state index contributed by atoms with van der Waals surface area (Å²) >= 11 is 0. The van der Waals surface area contributed by atoms with Crippen LogP contribution < -0.4 is 0 Å². The number of terminal acetylenes is 1. The molecule has 0 amide bonds. The number of aryl methyl sites for hydroxylation is 1. The van der Waals surface area contributed by atoms with Gasteiger partial charge in [-0.3, -0.25) is 0 Å². The summed E-state index contributed by atoms with van der Waals surface area (Å²) in [5.41, 5.74) is 0.520. The Hall–Kier alpha value is -2.15. The van der Waals surface area contributed by atoms with Crippen LogP contribution in [0.4, 0.5) is 8.78 Å². The van der Waals surface area contributed by atoms with Gasteiger partial charge < -0.3 is 5.11 Å². The smallest absolute Gasteiger partial charge is 0.231 e. The number of hydrogen-bond donors (Lipinski definition) is 1. The number of hydrogen-bond acceptors (Lipinski definition) is 2. The van der Waals surface area contributed by atoms with Crippen LogP contribution in [0.25, 0.3) is 10.8 Å². The molecule has 0 atom stereocenters. The van der Waals surface area contributed by atoms with E-state index in [1.54, 1.807) is 0 Å². The summed E-state index contributed by atoms with van der Waals surface area (Å²) in [6, 6.07) is 2.64. The normalized spacial score (nSPS) is 9.68. The van der Waals surface area contributed by atoms with Gasteiger partial charge in [0.15, 0.2) is 0 Å². The summed E-state index contributed by atoms with van der Waals surface area (Å²) in [7, 11) is 0. The molecule has 1 N–H and O–H groups in total. The fourth-order valence-electron chi connectivity index (χ4n) is 1.86. The first kappa shape index (κ1) is 14.9. The first-order valence-corrected chi connectivity index (χ1v) is 6.05. The van der Waals surface area contributed by atoms with Gasteiger partial charge in [0.25, 0.3) is 0 Å². The minimum atomic E-state index is -1.00. The predicted molar refractivity (Wildman–Crippen MR) is 72.0 cm³/mol. The molecular weight excluding hydrogens is 248 g/mol. The highest BCUT2D eigenvalue weighted by Gasteiger charge is 2.16. The molecule has 0 saturated heterocycles. The van der Waals surface area contributed by atoms with Crippen LogP contribution in [0.2, 0.25) is 0 Å². The van der Waals surface area contributed by atoms with E-state index < -0.39 is 11.9 Å². The number of rotatable bonds is 1. The van der Waals surface area contributed by atoms with Crippen LogP contribution in [0, 0.1) is 24.2 Å². The third-order valence-electron chi connectivity index (χ3n) is 2.60. The van der Waals surface area contributed by atoms with Crippen molar-refractivity contribution in [1.82, 2.24) is 4.98 Å². The van der Waals surface area contributed by atoms with Crippen LogP contribution in [0.5, 0.6) is 5.75 Å². The Bertz CT molecular complexity index is 645. The van der Waals surface area contributed by atoms with Crippen molar-refractivity contribution in [2.45, 2.75) is 27.2 Å². The largest absolute Gasteiger partial charge is 0.508 e. The Morgan fingerprint density at radius 2 is 1.89 bits per heavy atom. The van der Waals surface area contributed by atoms with Gasteiger partial charge in [-0.25, -0.2) is 0 Å². The summed E-state index contributed by atoms with van der Waals surface area (Å²) < 4.78 is 27.0. The lowest BCUT2D eigenvalue weighted by Crippen LogP contribution is -1.99. The second kappa shape index (κ2) is 6.14. The maximum atomic E-state index is 13.5. The molecule has 2 rings (SSSR count). The molecule has 0 spiro atoms. The maximum absolute atomic E-state index is 13.5. The van der Waals surface area contributed by atoms with Gasteiger partial charge >= 0.3 is 0 Å². The lowest BCUT2D eigenvalue weighted by Gasteiger charge is -2.09.